The molecule has 0 spiro atoms. The number of rotatable bonds is 0. The summed E-state index contributed by atoms with van der Waals surface area (Å²) >= 11 is 0. The first kappa shape index (κ1) is 10.3. The molecular formula is C14H18O2. The number of aliphatic hydroxyl groups is 2. The van der Waals surface area contributed by atoms with Gasteiger partial charge in [0, 0.05) is 12.8 Å². The molecule has 0 radical (unpaired) electrons. The molecule has 0 saturated carbocycles. The Kier molecular flexibility index (Phi) is 1.62. The Morgan fingerprint density at radius 3 is 1.38 bits per heavy atom. The van der Waals surface area contributed by atoms with Gasteiger partial charge in [-0.1, -0.05) is 0 Å². The van der Waals surface area contributed by atoms with Crippen molar-refractivity contribution in [2.75, 3.05) is 0 Å². The van der Waals surface area contributed by atoms with Crippen LogP contribution in [0.3, 0.4) is 0 Å². The standard InChI is InChI=1S/C14H18O2/c1-7-8(2)12-10(6-14(12,4)16)9-5-13(3,15)11(7)9/h15-16H,5-6H2,1-4H3. The Hall–Kier alpha value is -0.860. The molecule has 2 aliphatic rings. The lowest BCUT2D eigenvalue weighted by atomic mass is 9.60. The van der Waals surface area contributed by atoms with Gasteiger partial charge in [0.25, 0.3) is 0 Å². The summed E-state index contributed by atoms with van der Waals surface area (Å²) in [5, 5.41) is 20.4. The molecule has 0 aromatic heterocycles. The lowest BCUT2D eigenvalue weighted by molar-refractivity contribution is 0.0144. The van der Waals surface area contributed by atoms with Crippen molar-refractivity contribution in [1.82, 2.24) is 0 Å². The van der Waals surface area contributed by atoms with E-state index in [9.17, 15) is 10.2 Å². The highest BCUT2D eigenvalue weighted by Crippen LogP contribution is 2.52. The van der Waals surface area contributed by atoms with E-state index in [4.69, 9.17) is 0 Å². The van der Waals surface area contributed by atoms with Crippen LogP contribution in [0.4, 0.5) is 0 Å². The van der Waals surface area contributed by atoms with Crippen molar-refractivity contribution >= 4 is 0 Å². The first-order chi connectivity index (χ1) is 7.26. The molecule has 0 saturated heterocycles. The van der Waals surface area contributed by atoms with Crippen molar-refractivity contribution in [3.8, 4) is 0 Å². The van der Waals surface area contributed by atoms with Crippen LogP contribution in [0.25, 0.3) is 0 Å². The van der Waals surface area contributed by atoms with Crippen LogP contribution in [0.15, 0.2) is 0 Å². The van der Waals surface area contributed by atoms with Gasteiger partial charge >= 0.3 is 0 Å². The summed E-state index contributed by atoms with van der Waals surface area (Å²) in [7, 11) is 0. The normalized spacial score (nSPS) is 34.9. The smallest absolute Gasteiger partial charge is 0.0914 e. The van der Waals surface area contributed by atoms with Crippen LogP contribution in [0, 0.1) is 13.8 Å². The summed E-state index contributed by atoms with van der Waals surface area (Å²) in [5.41, 5.74) is 5.80. The number of fused-ring (bicyclic) bond motifs is 3. The molecule has 0 aliphatic heterocycles. The molecule has 0 bridgehead atoms. The predicted molar refractivity (Wildman–Crippen MR) is 62.5 cm³/mol. The van der Waals surface area contributed by atoms with E-state index in [2.05, 4.69) is 13.8 Å². The predicted octanol–water partition coefficient (Wildman–Crippen LogP) is 1.83. The molecule has 16 heavy (non-hydrogen) atoms. The molecule has 3 rings (SSSR count). The first-order valence-electron chi connectivity index (χ1n) is 5.86. The van der Waals surface area contributed by atoms with Gasteiger partial charge in [-0.05, 0) is 61.1 Å². The van der Waals surface area contributed by atoms with Crippen molar-refractivity contribution in [2.24, 2.45) is 0 Å². The van der Waals surface area contributed by atoms with Gasteiger partial charge in [-0.15, -0.1) is 0 Å². The minimum atomic E-state index is -0.652. The van der Waals surface area contributed by atoms with E-state index in [1.54, 1.807) is 0 Å². The average Bonchev–Trinajstić information content (AvgIpc) is 2.09. The maximum Gasteiger partial charge on any atom is 0.0914 e. The van der Waals surface area contributed by atoms with Crippen molar-refractivity contribution in [3.05, 3.63) is 33.4 Å². The van der Waals surface area contributed by atoms with E-state index >= 15 is 0 Å². The van der Waals surface area contributed by atoms with Crippen LogP contribution in [0.1, 0.15) is 47.2 Å². The van der Waals surface area contributed by atoms with Crippen molar-refractivity contribution < 1.29 is 10.2 Å². The summed E-state index contributed by atoms with van der Waals surface area (Å²) < 4.78 is 0. The molecule has 2 atom stereocenters. The fraction of sp³-hybridized carbons (Fsp3) is 0.571. The number of benzene rings is 1. The summed E-state index contributed by atoms with van der Waals surface area (Å²) in [6.45, 7) is 7.86. The SMILES string of the molecule is Cc1c(C)c2c(c3c1C(C)(O)C3)CC2(C)O. The molecule has 2 nitrogen and oxygen atoms in total. The number of hydrogen-bond acceptors (Lipinski definition) is 2. The maximum absolute atomic E-state index is 10.2. The van der Waals surface area contributed by atoms with Gasteiger partial charge in [0.1, 0.15) is 0 Å². The Morgan fingerprint density at radius 2 is 1.12 bits per heavy atom. The second kappa shape index (κ2) is 2.52. The highest BCUT2D eigenvalue weighted by atomic mass is 16.3. The van der Waals surface area contributed by atoms with Gasteiger partial charge < -0.3 is 10.2 Å². The fourth-order valence-corrected chi connectivity index (χ4v) is 3.63. The van der Waals surface area contributed by atoms with Gasteiger partial charge in [-0.3, -0.25) is 0 Å². The lowest BCUT2D eigenvalue weighted by Gasteiger charge is -2.48. The van der Waals surface area contributed by atoms with Crippen molar-refractivity contribution in [2.45, 2.75) is 51.7 Å². The van der Waals surface area contributed by atoms with E-state index in [-0.39, 0.29) is 0 Å². The van der Waals surface area contributed by atoms with E-state index in [1.165, 1.54) is 11.1 Å². The summed E-state index contributed by atoms with van der Waals surface area (Å²) in [6.07, 6.45) is 1.48. The molecule has 1 aromatic carbocycles. The molecule has 2 unspecified atom stereocenters. The van der Waals surface area contributed by atoms with Gasteiger partial charge in [0.05, 0.1) is 11.2 Å². The second-order valence-corrected chi connectivity index (χ2v) is 5.86. The third kappa shape index (κ3) is 0.950. The highest BCUT2D eigenvalue weighted by molar-refractivity contribution is 5.63. The highest BCUT2D eigenvalue weighted by Gasteiger charge is 2.48. The van der Waals surface area contributed by atoms with Crippen LogP contribution >= 0.6 is 0 Å². The van der Waals surface area contributed by atoms with Crippen LogP contribution in [0.2, 0.25) is 0 Å². The maximum atomic E-state index is 10.2. The molecule has 2 aliphatic carbocycles. The van der Waals surface area contributed by atoms with Crippen molar-refractivity contribution in [3.63, 3.8) is 0 Å². The molecule has 0 fully saturated rings. The first-order valence-corrected chi connectivity index (χ1v) is 5.86. The monoisotopic (exact) mass is 218 g/mol. The van der Waals surface area contributed by atoms with Crippen LogP contribution < -0.4 is 0 Å². The zero-order chi connectivity index (χ0) is 11.9. The van der Waals surface area contributed by atoms with E-state index in [0.29, 0.717) is 0 Å². The van der Waals surface area contributed by atoms with Gasteiger partial charge in [0.15, 0.2) is 0 Å². The molecule has 0 amide bonds. The fourth-order valence-electron chi connectivity index (χ4n) is 3.63. The molecule has 2 heteroatoms. The van der Waals surface area contributed by atoms with Gasteiger partial charge in [-0.25, -0.2) is 0 Å². The van der Waals surface area contributed by atoms with E-state index < -0.39 is 11.2 Å². The summed E-state index contributed by atoms with van der Waals surface area (Å²) in [4.78, 5) is 0. The topological polar surface area (TPSA) is 40.5 Å². The Labute approximate surface area is 95.9 Å². The molecular weight excluding hydrogens is 200 g/mol. The van der Waals surface area contributed by atoms with Crippen molar-refractivity contribution in [1.29, 1.82) is 0 Å². The Balaban J connectivity index is 2.31. The van der Waals surface area contributed by atoms with Gasteiger partial charge in [-0.2, -0.15) is 0 Å². The zero-order valence-electron chi connectivity index (χ0n) is 10.3. The summed E-state index contributed by atoms with van der Waals surface area (Å²) in [6, 6.07) is 0. The zero-order valence-corrected chi connectivity index (χ0v) is 10.3. The van der Waals surface area contributed by atoms with Crippen LogP contribution in [0.5, 0.6) is 0 Å². The van der Waals surface area contributed by atoms with Gasteiger partial charge in [0.2, 0.25) is 0 Å². The lowest BCUT2D eigenvalue weighted by Crippen LogP contribution is -2.45. The average molecular weight is 218 g/mol. The summed E-state index contributed by atoms with van der Waals surface area (Å²) in [5.74, 6) is 0. The Bertz CT molecular complexity index is 446. The quantitative estimate of drug-likeness (QED) is 0.697. The third-order valence-electron chi connectivity index (χ3n) is 4.40. The second-order valence-electron chi connectivity index (χ2n) is 5.86. The minimum absolute atomic E-state index is 0.652. The molecule has 0 heterocycles. The minimum Gasteiger partial charge on any atom is -0.385 e. The van der Waals surface area contributed by atoms with Crippen LogP contribution in [-0.2, 0) is 24.0 Å². The largest absolute Gasteiger partial charge is 0.385 e. The van der Waals surface area contributed by atoms with Crippen LogP contribution in [-0.4, -0.2) is 10.2 Å². The molecule has 86 valence electrons. The Morgan fingerprint density at radius 1 is 0.812 bits per heavy atom. The van der Waals surface area contributed by atoms with E-state index in [0.717, 1.165) is 35.1 Å². The van der Waals surface area contributed by atoms with E-state index in [1.807, 2.05) is 13.8 Å². The number of hydrogen-bond donors (Lipinski definition) is 2. The molecule has 2 N–H and O–H groups in total. The molecule has 1 aromatic rings. The third-order valence-corrected chi connectivity index (χ3v) is 4.40.